The molecule has 106 valence electrons. The van der Waals surface area contributed by atoms with E-state index in [0.29, 0.717) is 12.5 Å². The summed E-state index contributed by atoms with van der Waals surface area (Å²) >= 11 is 0. The van der Waals surface area contributed by atoms with E-state index in [1.165, 1.54) is 7.05 Å². The quantitative estimate of drug-likeness (QED) is 0.537. The summed E-state index contributed by atoms with van der Waals surface area (Å²) in [4.78, 5) is 36.4. The molecule has 5 N–H and O–H groups in total. The zero-order valence-corrected chi connectivity index (χ0v) is 11.2. The third kappa shape index (κ3) is 3.87. The number of rotatable bonds is 5. The van der Waals surface area contributed by atoms with Crippen LogP contribution in [0.25, 0.3) is 0 Å². The summed E-state index contributed by atoms with van der Waals surface area (Å²) in [6, 6.07) is 0. The second-order valence-electron chi connectivity index (χ2n) is 4.63. The van der Waals surface area contributed by atoms with Crippen LogP contribution < -0.4 is 27.6 Å². The molecule has 1 aromatic heterocycles. The lowest BCUT2D eigenvalue weighted by Gasteiger charge is -2.11. The van der Waals surface area contributed by atoms with E-state index in [4.69, 9.17) is 5.73 Å². The van der Waals surface area contributed by atoms with Gasteiger partial charge in [0.1, 0.15) is 11.5 Å². The van der Waals surface area contributed by atoms with Gasteiger partial charge in [-0.2, -0.15) is 0 Å². The fourth-order valence-corrected chi connectivity index (χ4v) is 1.36. The maximum absolute atomic E-state index is 11.5. The number of nitrogen functional groups attached to an aromatic ring is 1. The number of nitrogens with zero attached hydrogens (tertiary/aromatic N) is 1. The van der Waals surface area contributed by atoms with Crippen molar-refractivity contribution in [3.05, 3.63) is 20.8 Å². The first-order chi connectivity index (χ1) is 8.82. The molecule has 0 saturated heterocycles. The lowest BCUT2D eigenvalue weighted by Crippen LogP contribution is -2.36. The molecule has 0 aromatic carbocycles. The van der Waals surface area contributed by atoms with E-state index >= 15 is 0 Å². The van der Waals surface area contributed by atoms with Crippen molar-refractivity contribution in [3.8, 4) is 0 Å². The maximum Gasteiger partial charge on any atom is 0.329 e. The first-order valence-corrected chi connectivity index (χ1v) is 5.92. The summed E-state index contributed by atoms with van der Waals surface area (Å²) in [7, 11) is 1.43. The first kappa shape index (κ1) is 14.8. The average molecular weight is 269 g/mol. The van der Waals surface area contributed by atoms with E-state index in [-0.39, 0.29) is 24.0 Å². The highest BCUT2D eigenvalue weighted by Crippen LogP contribution is 2.07. The van der Waals surface area contributed by atoms with Gasteiger partial charge in [0.2, 0.25) is 5.91 Å². The Bertz CT molecular complexity index is 573. The molecule has 0 aliphatic carbocycles. The van der Waals surface area contributed by atoms with Crippen molar-refractivity contribution in [1.82, 2.24) is 14.9 Å². The van der Waals surface area contributed by atoms with Gasteiger partial charge in [-0.15, -0.1) is 0 Å². The third-order valence-electron chi connectivity index (χ3n) is 2.50. The standard InChI is InChI=1S/C11H19N5O3/c1-6(2)4-13-7(17)5-14-8-9(12)16(3)11(19)15-10(8)18/h6,14H,4-5,12H2,1-3H3,(H,13,17)(H,15,18,19). The van der Waals surface area contributed by atoms with Crippen molar-refractivity contribution in [2.75, 3.05) is 24.1 Å². The van der Waals surface area contributed by atoms with E-state index in [1.807, 2.05) is 13.8 Å². The number of anilines is 2. The van der Waals surface area contributed by atoms with Gasteiger partial charge in [0.15, 0.2) is 0 Å². The number of aromatic amines is 1. The van der Waals surface area contributed by atoms with Crippen LogP contribution in [-0.2, 0) is 11.8 Å². The fourth-order valence-electron chi connectivity index (χ4n) is 1.36. The number of aromatic nitrogens is 2. The molecule has 0 radical (unpaired) electrons. The van der Waals surface area contributed by atoms with Gasteiger partial charge in [0.25, 0.3) is 5.56 Å². The van der Waals surface area contributed by atoms with Crippen LogP contribution in [0.15, 0.2) is 9.59 Å². The molecule has 0 bridgehead atoms. The van der Waals surface area contributed by atoms with Gasteiger partial charge in [0.05, 0.1) is 6.54 Å². The molecule has 0 fully saturated rings. The molecule has 8 heteroatoms. The summed E-state index contributed by atoms with van der Waals surface area (Å²) in [6.07, 6.45) is 0. The summed E-state index contributed by atoms with van der Waals surface area (Å²) in [5.74, 6) is 0.0849. The SMILES string of the molecule is CC(C)CNC(=O)CNc1c(N)n(C)c(=O)[nH]c1=O. The van der Waals surface area contributed by atoms with Crippen LogP contribution in [0, 0.1) is 5.92 Å². The van der Waals surface area contributed by atoms with E-state index in [2.05, 4.69) is 15.6 Å². The van der Waals surface area contributed by atoms with E-state index < -0.39 is 11.2 Å². The van der Waals surface area contributed by atoms with Crippen LogP contribution in [0.2, 0.25) is 0 Å². The Hall–Kier alpha value is -2.25. The number of carbonyl (C=O) groups excluding carboxylic acids is 1. The van der Waals surface area contributed by atoms with Crippen molar-refractivity contribution in [1.29, 1.82) is 0 Å². The zero-order chi connectivity index (χ0) is 14.6. The topological polar surface area (TPSA) is 122 Å². The molecule has 1 amide bonds. The maximum atomic E-state index is 11.5. The summed E-state index contributed by atoms with van der Waals surface area (Å²) in [5.41, 5.74) is 4.42. The molecule has 0 atom stereocenters. The molecular weight excluding hydrogens is 250 g/mol. The van der Waals surface area contributed by atoms with Gasteiger partial charge < -0.3 is 16.4 Å². The van der Waals surface area contributed by atoms with E-state index in [1.54, 1.807) is 0 Å². The van der Waals surface area contributed by atoms with Crippen molar-refractivity contribution < 1.29 is 4.79 Å². The zero-order valence-electron chi connectivity index (χ0n) is 11.2. The van der Waals surface area contributed by atoms with Crippen LogP contribution in [0.1, 0.15) is 13.8 Å². The van der Waals surface area contributed by atoms with Gasteiger partial charge in [-0.25, -0.2) is 4.79 Å². The average Bonchev–Trinajstić information content (AvgIpc) is 2.33. The summed E-state index contributed by atoms with van der Waals surface area (Å²) in [5, 5.41) is 5.33. The summed E-state index contributed by atoms with van der Waals surface area (Å²) < 4.78 is 1.09. The largest absolute Gasteiger partial charge is 0.383 e. The van der Waals surface area contributed by atoms with Crippen molar-refractivity contribution in [3.63, 3.8) is 0 Å². The highest BCUT2D eigenvalue weighted by molar-refractivity contribution is 5.81. The fraction of sp³-hybridized carbons (Fsp3) is 0.545. The Morgan fingerprint density at radius 1 is 1.42 bits per heavy atom. The van der Waals surface area contributed by atoms with E-state index in [9.17, 15) is 14.4 Å². The highest BCUT2D eigenvalue weighted by Gasteiger charge is 2.11. The van der Waals surface area contributed by atoms with Gasteiger partial charge in [-0.05, 0) is 5.92 Å². The lowest BCUT2D eigenvalue weighted by atomic mass is 10.2. The molecule has 0 aliphatic rings. The minimum Gasteiger partial charge on any atom is -0.383 e. The van der Waals surface area contributed by atoms with Crippen LogP contribution in [0.3, 0.4) is 0 Å². The number of carbonyl (C=O) groups is 1. The predicted molar refractivity (Wildman–Crippen MR) is 73.1 cm³/mol. The number of H-pyrrole nitrogens is 1. The van der Waals surface area contributed by atoms with Crippen LogP contribution in [-0.4, -0.2) is 28.5 Å². The van der Waals surface area contributed by atoms with Crippen LogP contribution in [0.4, 0.5) is 11.5 Å². The molecule has 0 aliphatic heterocycles. The van der Waals surface area contributed by atoms with Crippen molar-refractivity contribution >= 4 is 17.4 Å². The molecule has 0 unspecified atom stereocenters. The minimum atomic E-state index is -0.641. The van der Waals surface area contributed by atoms with Gasteiger partial charge >= 0.3 is 5.69 Å². The lowest BCUT2D eigenvalue weighted by molar-refractivity contribution is -0.119. The Kier molecular flexibility index (Phi) is 4.74. The minimum absolute atomic E-state index is 0.00888. The van der Waals surface area contributed by atoms with Gasteiger partial charge in [-0.1, -0.05) is 13.8 Å². The van der Waals surface area contributed by atoms with Crippen LogP contribution in [0.5, 0.6) is 0 Å². The second-order valence-corrected chi connectivity index (χ2v) is 4.63. The van der Waals surface area contributed by atoms with Gasteiger partial charge in [0, 0.05) is 13.6 Å². The molecule has 1 heterocycles. The monoisotopic (exact) mass is 269 g/mol. The number of hydrogen-bond donors (Lipinski definition) is 4. The van der Waals surface area contributed by atoms with Gasteiger partial charge in [-0.3, -0.25) is 19.1 Å². The number of hydrogen-bond acceptors (Lipinski definition) is 5. The third-order valence-corrected chi connectivity index (χ3v) is 2.50. The van der Waals surface area contributed by atoms with E-state index in [0.717, 1.165) is 4.57 Å². The van der Waals surface area contributed by atoms with Crippen molar-refractivity contribution in [2.45, 2.75) is 13.8 Å². The molecular formula is C11H19N5O3. The Labute approximate surface area is 110 Å². The van der Waals surface area contributed by atoms with Crippen LogP contribution >= 0.6 is 0 Å². The normalized spacial score (nSPS) is 10.5. The highest BCUT2D eigenvalue weighted by atomic mass is 16.2. The molecule has 1 rings (SSSR count). The van der Waals surface area contributed by atoms with Crippen molar-refractivity contribution in [2.24, 2.45) is 13.0 Å². The second kappa shape index (κ2) is 6.07. The first-order valence-electron chi connectivity index (χ1n) is 5.92. The Balaban J connectivity index is 2.74. The number of amides is 1. The summed E-state index contributed by atoms with van der Waals surface area (Å²) in [6.45, 7) is 4.42. The molecule has 0 saturated carbocycles. The molecule has 8 nitrogen and oxygen atoms in total. The molecule has 1 aromatic rings. The number of nitrogens with two attached hydrogens (primary N) is 1. The predicted octanol–water partition coefficient (Wildman–Crippen LogP) is -1.16. The Morgan fingerprint density at radius 2 is 2.05 bits per heavy atom. The molecule has 0 spiro atoms. The molecule has 19 heavy (non-hydrogen) atoms. The smallest absolute Gasteiger partial charge is 0.329 e. The number of nitrogens with one attached hydrogen (secondary N) is 3. The Morgan fingerprint density at radius 3 is 2.63 bits per heavy atom.